The van der Waals surface area contributed by atoms with Crippen molar-refractivity contribution in [2.75, 3.05) is 25.5 Å². The number of nitrogens with zero attached hydrogens (tertiary/aromatic N) is 2. The van der Waals surface area contributed by atoms with E-state index in [1.807, 2.05) is 18.2 Å². The van der Waals surface area contributed by atoms with E-state index in [-0.39, 0.29) is 28.7 Å². The van der Waals surface area contributed by atoms with Crippen molar-refractivity contribution in [2.45, 2.75) is 69.5 Å². The van der Waals surface area contributed by atoms with Gasteiger partial charge in [0, 0.05) is 43.2 Å². The van der Waals surface area contributed by atoms with Crippen molar-refractivity contribution in [3.05, 3.63) is 81.7 Å². The summed E-state index contributed by atoms with van der Waals surface area (Å²) in [5.41, 5.74) is 2.47. The van der Waals surface area contributed by atoms with Crippen LogP contribution in [0.1, 0.15) is 75.7 Å². The Hall–Kier alpha value is -3.58. The molecule has 0 unspecified atom stereocenters. The van der Waals surface area contributed by atoms with Crippen LogP contribution in [0.5, 0.6) is 0 Å². The molecule has 3 amide bonds. The fraction of sp³-hybridized carbons (Fsp3) is 0.406. The van der Waals surface area contributed by atoms with Gasteiger partial charge in [-0.1, -0.05) is 49.6 Å². The molecule has 2 aliphatic rings. The van der Waals surface area contributed by atoms with Crippen LogP contribution in [-0.2, 0) is 34.3 Å². The van der Waals surface area contributed by atoms with Gasteiger partial charge in [0.15, 0.2) is 0 Å². The van der Waals surface area contributed by atoms with E-state index in [9.17, 15) is 22.8 Å². The molecule has 1 aliphatic carbocycles. The van der Waals surface area contributed by atoms with Crippen LogP contribution in [0.3, 0.4) is 0 Å². The quantitative estimate of drug-likeness (QED) is 0.322. The summed E-state index contributed by atoms with van der Waals surface area (Å²) in [5.74, 6) is -1.13. The van der Waals surface area contributed by atoms with Crippen molar-refractivity contribution in [3.63, 3.8) is 0 Å². The van der Waals surface area contributed by atoms with Gasteiger partial charge in [-0.25, -0.2) is 13.2 Å². The molecule has 12 heteroatoms. The van der Waals surface area contributed by atoms with Crippen LogP contribution in [0.2, 0.25) is 0 Å². The second-order valence-corrected chi connectivity index (χ2v) is 14.2. The molecule has 2 N–H and O–H groups in total. The lowest BCUT2D eigenvalue weighted by Gasteiger charge is -2.30. The number of sulfonamides is 1. The molecule has 3 aromatic rings. The van der Waals surface area contributed by atoms with E-state index < -0.39 is 27.9 Å². The number of carbonyl (C=O) groups excluding carboxylic acids is 3. The standard InChI is InChI=1S/C32H38N4O6S2/c1-3-42-32(39)34-30(38)28-26-18-19-36(20-22-10-6-4-7-11-22)21-27(26)43-31(28)33-29(37)23-14-16-25(17-15-23)44(40,41)35(2)24-12-8-5-9-13-24/h4,6-7,10-11,14-17,24H,3,5,8-9,12-13,18-21H2,1-2H3,(H,33,37)(H,34,38,39). The molecular weight excluding hydrogens is 601 g/mol. The maximum absolute atomic E-state index is 13.4. The lowest BCUT2D eigenvalue weighted by atomic mass is 9.96. The molecule has 1 aromatic heterocycles. The average Bonchev–Trinajstić information content (AvgIpc) is 3.38. The molecule has 5 rings (SSSR count). The van der Waals surface area contributed by atoms with E-state index in [4.69, 9.17) is 4.74 Å². The smallest absolute Gasteiger partial charge is 0.414 e. The molecule has 1 aliphatic heterocycles. The number of thiophene rings is 1. The second-order valence-electron chi connectivity index (χ2n) is 11.1. The number of ether oxygens (including phenoxy) is 1. The Balaban J connectivity index is 1.35. The van der Waals surface area contributed by atoms with E-state index >= 15 is 0 Å². The molecule has 0 radical (unpaired) electrons. The number of amides is 3. The number of rotatable bonds is 9. The van der Waals surface area contributed by atoms with Crippen molar-refractivity contribution in [1.82, 2.24) is 14.5 Å². The van der Waals surface area contributed by atoms with E-state index in [2.05, 4.69) is 27.7 Å². The van der Waals surface area contributed by atoms with Crippen molar-refractivity contribution in [2.24, 2.45) is 0 Å². The van der Waals surface area contributed by atoms with E-state index in [1.54, 1.807) is 14.0 Å². The molecule has 2 heterocycles. The summed E-state index contributed by atoms with van der Waals surface area (Å²) in [6.07, 6.45) is 4.56. The SMILES string of the molecule is CCOC(=O)NC(=O)c1c(NC(=O)c2ccc(S(=O)(=O)N(C)C3CCCCC3)cc2)sc2c1CCN(Cc1ccccc1)C2. The highest BCUT2D eigenvalue weighted by Gasteiger charge is 2.31. The number of nitrogens with one attached hydrogen (secondary N) is 2. The molecule has 44 heavy (non-hydrogen) atoms. The van der Waals surface area contributed by atoms with Gasteiger partial charge in [0.25, 0.3) is 11.8 Å². The van der Waals surface area contributed by atoms with Gasteiger partial charge in [-0.15, -0.1) is 11.3 Å². The first kappa shape index (κ1) is 31.8. The lowest BCUT2D eigenvalue weighted by Crippen LogP contribution is -2.38. The number of hydrogen-bond donors (Lipinski definition) is 2. The molecule has 0 bridgehead atoms. The number of alkyl carbamates (subject to hydrolysis) is 1. The van der Waals surface area contributed by atoms with Gasteiger partial charge >= 0.3 is 6.09 Å². The number of carbonyl (C=O) groups is 3. The van der Waals surface area contributed by atoms with Crippen LogP contribution < -0.4 is 10.6 Å². The molecule has 234 valence electrons. The van der Waals surface area contributed by atoms with Crippen LogP contribution >= 0.6 is 11.3 Å². The van der Waals surface area contributed by atoms with Gasteiger partial charge in [-0.3, -0.25) is 19.8 Å². The Kier molecular flexibility index (Phi) is 10.1. The summed E-state index contributed by atoms with van der Waals surface area (Å²) in [4.78, 5) is 42.1. The molecule has 1 saturated carbocycles. The van der Waals surface area contributed by atoms with Gasteiger partial charge in [-0.05, 0) is 61.6 Å². The maximum Gasteiger partial charge on any atom is 0.414 e. The topological polar surface area (TPSA) is 125 Å². The highest BCUT2D eigenvalue weighted by Crippen LogP contribution is 2.38. The maximum atomic E-state index is 13.4. The largest absolute Gasteiger partial charge is 0.450 e. The van der Waals surface area contributed by atoms with Gasteiger partial charge in [0.2, 0.25) is 10.0 Å². The first-order valence-electron chi connectivity index (χ1n) is 15.0. The molecule has 0 saturated heterocycles. The summed E-state index contributed by atoms with van der Waals surface area (Å²) in [6, 6.07) is 15.9. The molecule has 0 atom stereocenters. The fourth-order valence-electron chi connectivity index (χ4n) is 5.84. The Morgan fingerprint density at radius 3 is 2.39 bits per heavy atom. The summed E-state index contributed by atoms with van der Waals surface area (Å²) in [7, 11) is -2.08. The molecule has 0 spiro atoms. The van der Waals surface area contributed by atoms with E-state index in [0.717, 1.165) is 49.1 Å². The number of imide groups is 1. The van der Waals surface area contributed by atoms with Crippen molar-refractivity contribution in [3.8, 4) is 0 Å². The number of hydrogen-bond acceptors (Lipinski definition) is 8. The van der Waals surface area contributed by atoms with E-state index in [1.165, 1.54) is 45.5 Å². The Morgan fingerprint density at radius 2 is 1.70 bits per heavy atom. The third kappa shape index (κ3) is 7.20. The van der Waals surface area contributed by atoms with Crippen LogP contribution in [-0.4, -0.2) is 61.8 Å². The van der Waals surface area contributed by atoms with Gasteiger partial charge in [-0.2, -0.15) is 4.31 Å². The van der Waals surface area contributed by atoms with Crippen molar-refractivity contribution in [1.29, 1.82) is 0 Å². The van der Waals surface area contributed by atoms with Gasteiger partial charge in [0.1, 0.15) is 5.00 Å². The monoisotopic (exact) mass is 638 g/mol. The zero-order valence-corrected chi connectivity index (χ0v) is 26.6. The Morgan fingerprint density at radius 1 is 1.00 bits per heavy atom. The van der Waals surface area contributed by atoms with Crippen molar-refractivity contribution >= 4 is 44.3 Å². The predicted molar refractivity (Wildman–Crippen MR) is 169 cm³/mol. The van der Waals surface area contributed by atoms with Crippen LogP contribution in [0, 0.1) is 0 Å². The predicted octanol–water partition coefficient (Wildman–Crippen LogP) is 5.40. The van der Waals surface area contributed by atoms with Crippen LogP contribution in [0.4, 0.5) is 9.80 Å². The fourth-order valence-corrected chi connectivity index (χ4v) is 8.54. The Labute approximate surface area is 262 Å². The third-order valence-electron chi connectivity index (χ3n) is 8.21. The number of fused-ring (bicyclic) bond motifs is 1. The summed E-state index contributed by atoms with van der Waals surface area (Å²) >= 11 is 1.31. The minimum Gasteiger partial charge on any atom is -0.450 e. The van der Waals surface area contributed by atoms with Crippen molar-refractivity contribution < 1.29 is 27.5 Å². The molecule has 10 nitrogen and oxygen atoms in total. The summed E-state index contributed by atoms with van der Waals surface area (Å²) < 4.78 is 32.9. The summed E-state index contributed by atoms with van der Waals surface area (Å²) in [5, 5.41) is 5.46. The third-order valence-corrected chi connectivity index (χ3v) is 11.3. The minimum atomic E-state index is -3.70. The first-order valence-corrected chi connectivity index (χ1v) is 17.2. The highest BCUT2D eigenvalue weighted by atomic mass is 32.2. The molecule has 1 fully saturated rings. The van der Waals surface area contributed by atoms with Crippen LogP contribution in [0.25, 0.3) is 0 Å². The summed E-state index contributed by atoms with van der Waals surface area (Å²) in [6.45, 7) is 3.80. The number of anilines is 1. The van der Waals surface area contributed by atoms with Gasteiger partial charge in [0.05, 0.1) is 17.1 Å². The zero-order valence-electron chi connectivity index (χ0n) is 25.0. The zero-order chi connectivity index (χ0) is 31.3. The highest BCUT2D eigenvalue weighted by molar-refractivity contribution is 7.89. The normalized spacial score (nSPS) is 15.9. The lowest BCUT2D eigenvalue weighted by molar-refractivity contribution is 0.0924. The minimum absolute atomic E-state index is 0.0237. The average molecular weight is 639 g/mol. The first-order chi connectivity index (χ1) is 21.2. The molecular formula is C32H38N4O6S2. The number of benzene rings is 2. The Bertz CT molecular complexity index is 1600. The van der Waals surface area contributed by atoms with Gasteiger partial charge < -0.3 is 10.1 Å². The second kappa shape index (κ2) is 14.0. The van der Waals surface area contributed by atoms with E-state index in [0.29, 0.717) is 24.5 Å². The molecule has 2 aromatic carbocycles. The van der Waals surface area contributed by atoms with Crippen LogP contribution in [0.15, 0.2) is 59.5 Å².